The Bertz CT molecular complexity index is 1000. The van der Waals surface area contributed by atoms with E-state index < -0.39 is 12.0 Å². The number of rotatable bonds is 6. The van der Waals surface area contributed by atoms with Gasteiger partial charge in [-0.15, -0.1) is 11.3 Å². The van der Waals surface area contributed by atoms with Crippen molar-refractivity contribution in [3.63, 3.8) is 0 Å². The Labute approximate surface area is 168 Å². The number of H-pyrrole nitrogens is 1. The largest absolute Gasteiger partial charge is 0.479 e. The number of hydrogen-bond donors (Lipinski definition) is 3. The second-order valence-electron chi connectivity index (χ2n) is 5.53. The van der Waals surface area contributed by atoms with Gasteiger partial charge in [0.1, 0.15) is 11.4 Å². The third-order valence-corrected chi connectivity index (χ3v) is 4.83. The highest BCUT2D eigenvalue weighted by Crippen LogP contribution is 2.29. The van der Waals surface area contributed by atoms with E-state index in [1.165, 1.54) is 17.4 Å². The lowest BCUT2D eigenvalue weighted by Gasteiger charge is -2.14. The number of benzene rings is 1. The summed E-state index contributed by atoms with van der Waals surface area (Å²) in [7, 11) is 0. The molecular formula is C17H14Cl2N4O3S. The van der Waals surface area contributed by atoms with Crippen LogP contribution >= 0.6 is 34.5 Å². The van der Waals surface area contributed by atoms with Crippen LogP contribution in [0.2, 0.25) is 10.0 Å². The van der Waals surface area contributed by atoms with Gasteiger partial charge in [0.25, 0.3) is 11.8 Å². The number of ether oxygens (including phenoxy) is 1. The van der Waals surface area contributed by atoms with E-state index in [0.29, 0.717) is 32.2 Å². The number of carbonyl (C=O) groups is 2. The van der Waals surface area contributed by atoms with Crippen molar-refractivity contribution in [3.05, 3.63) is 51.6 Å². The standard InChI is InChI=1S/C17H14Cl2N4O3S/c1-8(26-14-3-2-10(18)5-11(14)19)16(25)23-17-22-13(7-27-17)9-4-12(15(20)24)21-6-9/h2-8,21H,1H3,(H2,20,24)(H,22,23,25). The van der Waals surface area contributed by atoms with Crippen LogP contribution < -0.4 is 15.8 Å². The highest BCUT2D eigenvalue weighted by atomic mass is 35.5. The fraction of sp³-hybridized carbons (Fsp3) is 0.118. The van der Waals surface area contributed by atoms with Gasteiger partial charge in [-0.25, -0.2) is 4.98 Å². The number of thiazole rings is 1. The van der Waals surface area contributed by atoms with Gasteiger partial charge in [0, 0.05) is 22.2 Å². The van der Waals surface area contributed by atoms with Gasteiger partial charge in [-0.3, -0.25) is 14.9 Å². The molecule has 1 aromatic carbocycles. The lowest BCUT2D eigenvalue weighted by Crippen LogP contribution is -2.30. The van der Waals surface area contributed by atoms with Crippen LogP contribution in [0.5, 0.6) is 5.75 Å². The summed E-state index contributed by atoms with van der Waals surface area (Å²) in [6.07, 6.45) is 0.819. The molecule has 4 N–H and O–H groups in total. The zero-order chi connectivity index (χ0) is 19.6. The minimum atomic E-state index is -0.801. The number of carbonyl (C=O) groups excluding carboxylic acids is 2. The second kappa shape index (κ2) is 7.99. The number of halogens is 2. The fourth-order valence-electron chi connectivity index (χ4n) is 2.17. The SMILES string of the molecule is CC(Oc1ccc(Cl)cc1Cl)C(=O)Nc1nc(-c2c[nH]c(C(N)=O)c2)cs1. The van der Waals surface area contributed by atoms with Crippen LogP contribution in [0.1, 0.15) is 17.4 Å². The van der Waals surface area contributed by atoms with Crippen molar-refractivity contribution in [2.75, 3.05) is 5.32 Å². The van der Waals surface area contributed by atoms with Gasteiger partial charge in [-0.05, 0) is 31.2 Å². The lowest BCUT2D eigenvalue weighted by atomic mass is 10.2. The van der Waals surface area contributed by atoms with Crippen LogP contribution in [0.4, 0.5) is 5.13 Å². The van der Waals surface area contributed by atoms with E-state index in [2.05, 4.69) is 15.3 Å². The van der Waals surface area contributed by atoms with Crippen molar-refractivity contribution in [1.82, 2.24) is 9.97 Å². The molecule has 3 aromatic rings. The summed E-state index contributed by atoms with van der Waals surface area (Å²) >= 11 is 13.1. The molecule has 3 rings (SSSR count). The van der Waals surface area contributed by atoms with Crippen LogP contribution in [0.25, 0.3) is 11.3 Å². The third-order valence-electron chi connectivity index (χ3n) is 3.55. The molecule has 7 nitrogen and oxygen atoms in total. The molecule has 1 unspecified atom stereocenters. The lowest BCUT2D eigenvalue weighted by molar-refractivity contribution is -0.122. The Morgan fingerprint density at radius 1 is 1.33 bits per heavy atom. The Hall–Kier alpha value is -2.55. The maximum atomic E-state index is 12.3. The molecule has 0 spiro atoms. The smallest absolute Gasteiger partial charge is 0.266 e. The number of nitrogens with zero attached hydrogens (tertiary/aromatic N) is 1. The van der Waals surface area contributed by atoms with Crippen molar-refractivity contribution < 1.29 is 14.3 Å². The zero-order valence-corrected chi connectivity index (χ0v) is 16.3. The minimum absolute atomic E-state index is 0.283. The molecule has 0 bridgehead atoms. The summed E-state index contributed by atoms with van der Waals surface area (Å²) in [6.45, 7) is 1.60. The summed E-state index contributed by atoms with van der Waals surface area (Å²) in [5.41, 5.74) is 6.80. The average Bonchev–Trinajstić information content (AvgIpc) is 3.26. The maximum absolute atomic E-state index is 12.3. The predicted molar refractivity (Wildman–Crippen MR) is 106 cm³/mol. The predicted octanol–water partition coefficient (Wildman–Crippen LogP) is 3.95. The van der Waals surface area contributed by atoms with Gasteiger partial charge in [0.2, 0.25) is 0 Å². The number of nitrogens with two attached hydrogens (primary N) is 1. The monoisotopic (exact) mass is 424 g/mol. The van der Waals surface area contributed by atoms with Gasteiger partial charge >= 0.3 is 0 Å². The molecule has 2 aromatic heterocycles. The van der Waals surface area contributed by atoms with Gasteiger partial charge in [0.15, 0.2) is 11.2 Å². The first-order valence-corrected chi connectivity index (χ1v) is 9.33. The van der Waals surface area contributed by atoms with Crippen LogP contribution in [-0.4, -0.2) is 27.9 Å². The normalized spacial score (nSPS) is 11.8. The number of anilines is 1. The van der Waals surface area contributed by atoms with E-state index in [1.807, 2.05) is 0 Å². The summed E-state index contributed by atoms with van der Waals surface area (Å²) in [6, 6.07) is 6.35. The molecule has 0 saturated carbocycles. The number of aromatic nitrogens is 2. The number of aromatic amines is 1. The summed E-state index contributed by atoms with van der Waals surface area (Å²) in [5.74, 6) is -0.583. The topological polar surface area (TPSA) is 110 Å². The molecule has 1 atom stereocenters. The van der Waals surface area contributed by atoms with E-state index in [-0.39, 0.29) is 11.6 Å². The molecule has 2 amide bonds. The highest BCUT2D eigenvalue weighted by Gasteiger charge is 2.18. The molecule has 0 aliphatic carbocycles. The average molecular weight is 425 g/mol. The Kier molecular flexibility index (Phi) is 5.69. The molecule has 0 aliphatic heterocycles. The molecule has 0 saturated heterocycles. The van der Waals surface area contributed by atoms with Crippen molar-refractivity contribution in [2.24, 2.45) is 5.73 Å². The van der Waals surface area contributed by atoms with E-state index >= 15 is 0 Å². The zero-order valence-electron chi connectivity index (χ0n) is 14.0. The number of hydrogen-bond acceptors (Lipinski definition) is 5. The minimum Gasteiger partial charge on any atom is -0.479 e. The van der Waals surface area contributed by atoms with Gasteiger partial charge in [0.05, 0.1) is 10.7 Å². The molecule has 0 aliphatic rings. The quantitative estimate of drug-likeness (QED) is 0.556. The van der Waals surface area contributed by atoms with Crippen LogP contribution in [0, 0.1) is 0 Å². The molecule has 27 heavy (non-hydrogen) atoms. The van der Waals surface area contributed by atoms with Crippen molar-refractivity contribution in [1.29, 1.82) is 0 Å². The van der Waals surface area contributed by atoms with Crippen molar-refractivity contribution >= 4 is 51.5 Å². The Morgan fingerprint density at radius 3 is 2.78 bits per heavy atom. The van der Waals surface area contributed by atoms with E-state index in [9.17, 15) is 9.59 Å². The summed E-state index contributed by atoms with van der Waals surface area (Å²) < 4.78 is 5.57. The van der Waals surface area contributed by atoms with Crippen LogP contribution in [0.15, 0.2) is 35.8 Å². The number of primary amides is 1. The second-order valence-corrected chi connectivity index (χ2v) is 7.23. The van der Waals surface area contributed by atoms with Crippen LogP contribution in [0.3, 0.4) is 0 Å². The molecular weight excluding hydrogens is 411 g/mol. The summed E-state index contributed by atoms with van der Waals surface area (Å²) in [5, 5.41) is 5.63. The molecule has 0 radical (unpaired) electrons. The Balaban J connectivity index is 1.65. The van der Waals surface area contributed by atoms with Gasteiger partial charge in [-0.2, -0.15) is 0 Å². The first-order chi connectivity index (χ1) is 12.8. The van der Waals surface area contributed by atoms with Crippen LogP contribution in [-0.2, 0) is 4.79 Å². The van der Waals surface area contributed by atoms with Crippen molar-refractivity contribution in [2.45, 2.75) is 13.0 Å². The summed E-state index contributed by atoms with van der Waals surface area (Å²) in [4.78, 5) is 30.6. The van der Waals surface area contributed by atoms with Gasteiger partial charge < -0.3 is 15.5 Å². The van der Waals surface area contributed by atoms with E-state index in [1.54, 1.807) is 36.7 Å². The third kappa shape index (κ3) is 4.60. The first kappa shape index (κ1) is 19.2. The molecule has 10 heteroatoms. The maximum Gasteiger partial charge on any atom is 0.266 e. The number of nitrogens with one attached hydrogen (secondary N) is 2. The fourth-order valence-corrected chi connectivity index (χ4v) is 3.35. The molecule has 140 valence electrons. The first-order valence-electron chi connectivity index (χ1n) is 7.70. The van der Waals surface area contributed by atoms with Gasteiger partial charge in [-0.1, -0.05) is 23.2 Å². The van der Waals surface area contributed by atoms with Crippen molar-refractivity contribution in [3.8, 4) is 17.0 Å². The highest BCUT2D eigenvalue weighted by molar-refractivity contribution is 7.14. The van der Waals surface area contributed by atoms with E-state index in [4.69, 9.17) is 33.7 Å². The van der Waals surface area contributed by atoms with E-state index in [0.717, 1.165) is 0 Å². The molecule has 0 fully saturated rings. The number of amides is 2. The Morgan fingerprint density at radius 2 is 2.11 bits per heavy atom. The molecule has 2 heterocycles.